The molecule has 0 amide bonds. The number of hydrogen-bond donors (Lipinski definition) is 1. The molecule has 0 saturated heterocycles. The van der Waals surface area contributed by atoms with E-state index in [2.05, 4.69) is 15.3 Å². The Bertz CT molecular complexity index is 477. The van der Waals surface area contributed by atoms with E-state index in [1.807, 2.05) is 0 Å². The Morgan fingerprint density at radius 1 is 1.29 bits per heavy atom. The Kier molecular flexibility index (Phi) is 1.60. The highest BCUT2D eigenvalue weighted by Crippen LogP contribution is 2.28. The SMILES string of the molecule is On1nnc2ccc(C(F)(F)F)nc21. The summed E-state index contributed by atoms with van der Waals surface area (Å²) in [5.74, 6) is 0. The minimum Gasteiger partial charge on any atom is -0.409 e. The van der Waals surface area contributed by atoms with Gasteiger partial charge in [0.05, 0.1) is 0 Å². The van der Waals surface area contributed by atoms with Gasteiger partial charge in [-0.15, -0.1) is 5.10 Å². The molecule has 0 unspecified atom stereocenters. The third kappa shape index (κ3) is 1.24. The first-order valence-electron chi connectivity index (χ1n) is 3.47. The molecular weight excluding hydrogens is 201 g/mol. The molecule has 2 rings (SSSR count). The Morgan fingerprint density at radius 3 is 2.64 bits per heavy atom. The van der Waals surface area contributed by atoms with E-state index in [-0.39, 0.29) is 16.0 Å². The van der Waals surface area contributed by atoms with Crippen molar-refractivity contribution in [1.82, 2.24) is 20.1 Å². The van der Waals surface area contributed by atoms with Crippen LogP contribution in [0.5, 0.6) is 0 Å². The molecule has 0 aromatic carbocycles. The van der Waals surface area contributed by atoms with E-state index in [0.717, 1.165) is 12.1 Å². The minimum absolute atomic E-state index is 0.0977. The van der Waals surface area contributed by atoms with E-state index in [0.29, 0.717) is 0 Å². The van der Waals surface area contributed by atoms with Crippen molar-refractivity contribution < 1.29 is 18.4 Å². The third-order valence-corrected chi connectivity index (χ3v) is 1.57. The molecule has 74 valence electrons. The molecule has 8 heteroatoms. The summed E-state index contributed by atoms with van der Waals surface area (Å²) in [4.78, 5) is 3.37. The van der Waals surface area contributed by atoms with E-state index in [9.17, 15) is 13.2 Å². The number of rotatable bonds is 0. The number of aromatic nitrogens is 4. The van der Waals surface area contributed by atoms with Gasteiger partial charge in [0.2, 0.25) is 5.65 Å². The first kappa shape index (κ1) is 8.73. The predicted octanol–water partition coefficient (Wildman–Crippen LogP) is 1.08. The Hall–Kier alpha value is -1.86. The molecule has 14 heavy (non-hydrogen) atoms. The molecule has 0 bridgehead atoms. The van der Waals surface area contributed by atoms with Crippen molar-refractivity contribution in [3.8, 4) is 0 Å². The van der Waals surface area contributed by atoms with E-state index >= 15 is 0 Å². The fraction of sp³-hybridized carbons (Fsp3) is 0.167. The molecule has 0 radical (unpaired) electrons. The van der Waals surface area contributed by atoms with Crippen molar-refractivity contribution in [2.24, 2.45) is 0 Å². The van der Waals surface area contributed by atoms with Crippen molar-refractivity contribution in [3.05, 3.63) is 17.8 Å². The lowest BCUT2D eigenvalue weighted by atomic mass is 10.3. The van der Waals surface area contributed by atoms with Crippen LogP contribution >= 0.6 is 0 Å². The molecule has 2 aromatic rings. The maximum atomic E-state index is 12.2. The number of pyridine rings is 1. The summed E-state index contributed by atoms with van der Waals surface area (Å²) in [5.41, 5.74) is -1.32. The standard InChI is InChI=1S/C6H3F3N4O/c7-6(8,9)4-2-1-3-5(10-4)13(14)12-11-3/h1-2,14H. The zero-order valence-electron chi connectivity index (χ0n) is 6.52. The van der Waals surface area contributed by atoms with Crippen LogP contribution in [0.1, 0.15) is 5.69 Å². The van der Waals surface area contributed by atoms with Crippen LogP contribution in [-0.4, -0.2) is 25.3 Å². The second-order valence-electron chi connectivity index (χ2n) is 2.52. The highest BCUT2D eigenvalue weighted by atomic mass is 19.4. The van der Waals surface area contributed by atoms with Crippen LogP contribution in [-0.2, 0) is 6.18 Å². The number of nitrogens with zero attached hydrogens (tertiary/aromatic N) is 4. The largest absolute Gasteiger partial charge is 0.433 e. The fourth-order valence-corrected chi connectivity index (χ4v) is 0.957. The summed E-state index contributed by atoms with van der Waals surface area (Å²) < 4.78 is 36.5. The van der Waals surface area contributed by atoms with Gasteiger partial charge in [-0.25, -0.2) is 4.98 Å². The van der Waals surface area contributed by atoms with Crippen LogP contribution < -0.4 is 0 Å². The molecule has 0 spiro atoms. The lowest BCUT2D eigenvalue weighted by molar-refractivity contribution is -0.141. The highest BCUT2D eigenvalue weighted by molar-refractivity contribution is 5.69. The monoisotopic (exact) mass is 204 g/mol. The average molecular weight is 204 g/mol. The van der Waals surface area contributed by atoms with E-state index in [1.54, 1.807) is 0 Å². The first-order valence-corrected chi connectivity index (χ1v) is 3.47. The molecule has 0 aliphatic heterocycles. The Labute approximate surface area is 74.7 Å². The summed E-state index contributed by atoms with van der Waals surface area (Å²) in [5, 5.41) is 15.4. The van der Waals surface area contributed by atoms with Gasteiger partial charge >= 0.3 is 6.18 Å². The lowest BCUT2D eigenvalue weighted by Gasteiger charge is -2.03. The van der Waals surface area contributed by atoms with E-state index in [4.69, 9.17) is 5.21 Å². The fourth-order valence-electron chi connectivity index (χ4n) is 0.957. The van der Waals surface area contributed by atoms with E-state index < -0.39 is 11.9 Å². The number of fused-ring (bicyclic) bond motifs is 1. The number of alkyl halides is 3. The molecule has 0 saturated carbocycles. The molecule has 5 nitrogen and oxygen atoms in total. The summed E-state index contributed by atoms with van der Waals surface area (Å²) in [6.07, 6.45) is -4.54. The molecule has 0 aliphatic carbocycles. The van der Waals surface area contributed by atoms with Gasteiger partial charge in [-0.1, -0.05) is 4.85 Å². The third-order valence-electron chi connectivity index (χ3n) is 1.57. The number of halogens is 3. The topological polar surface area (TPSA) is 63.8 Å². The zero-order chi connectivity index (χ0) is 10.3. The molecule has 1 N–H and O–H groups in total. The minimum atomic E-state index is -4.54. The first-order chi connectivity index (χ1) is 6.48. The van der Waals surface area contributed by atoms with Crippen molar-refractivity contribution in [2.45, 2.75) is 6.18 Å². The highest BCUT2D eigenvalue weighted by Gasteiger charge is 2.33. The van der Waals surface area contributed by atoms with Crippen molar-refractivity contribution >= 4 is 11.2 Å². The van der Waals surface area contributed by atoms with Gasteiger partial charge in [0.25, 0.3) is 0 Å². The van der Waals surface area contributed by atoms with Gasteiger partial charge < -0.3 is 5.21 Å². The number of hydrogen-bond acceptors (Lipinski definition) is 4. The molecule has 0 atom stereocenters. The average Bonchev–Trinajstić information content (AvgIpc) is 2.46. The van der Waals surface area contributed by atoms with Gasteiger partial charge in [-0.2, -0.15) is 13.2 Å². The van der Waals surface area contributed by atoms with Crippen LogP contribution in [0, 0.1) is 0 Å². The van der Waals surface area contributed by atoms with Gasteiger partial charge in [-0.3, -0.25) is 0 Å². The molecular formula is C6H3F3N4O. The lowest BCUT2D eigenvalue weighted by Crippen LogP contribution is -2.08. The summed E-state index contributed by atoms with van der Waals surface area (Å²) >= 11 is 0. The Morgan fingerprint density at radius 2 is 2.00 bits per heavy atom. The zero-order valence-corrected chi connectivity index (χ0v) is 6.52. The smallest absolute Gasteiger partial charge is 0.409 e. The van der Waals surface area contributed by atoms with Crippen LogP contribution in [0.15, 0.2) is 12.1 Å². The van der Waals surface area contributed by atoms with Crippen LogP contribution in [0.3, 0.4) is 0 Å². The van der Waals surface area contributed by atoms with Crippen LogP contribution in [0.4, 0.5) is 13.2 Å². The quantitative estimate of drug-likeness (QED) is 0.652. The predicted molar refractivity (Wildman–Crippen MR) is 37.5 cm³/mol. The van der Waals surface area contributed by atoms with Crippen molar-refractivity contribution in [1.29, 1.82) is 0 Å². The molecule has 2 heterocycles. The van der Waals surface area contributed by atoms with Crippen LogP contribution in [0.25, 0.3) is 11.2 Å². The normalized spacial score (nSPS) is 12.2. The van der Waals surface area contributed by atoms with Crippen molar-refractivity contribution in [3.63, 3.8) is 0 Å². The summed E-state index contributed by atoms with van der Waals surface area (Å²) in [6, 6.07) is 1.86. The maximum absolute atomic E-state index is 12.2. The van der Waals surface area contributed by atoms with Gasteiger partial charge in [0, 0.05) is 0 Å². The maximum Gasteiger partial charge on any atom is 0.433 e. The second-order valence-corrected chi connectivity index (χ2v) is 2.52. The molecule has 0 fully saturated rings. The van der Waals surface area contributed by atoms with Crippen LogP contribution in [0.2, 0.25) is 0 Å². The molecule has 2 aromatic heterocycles. The Balaban J connectivity index is 2.66. The molecule has 0 aliphatic rings. The van der Waals surface area contributed by atoms with E-state index in [1.165, 1.54) is 0 Å². The summed E-state index contributed by atoms with van der Waals surface area (Å²) in [6.45, 7) is 0. The van der Waals surface area contributed by atoms with Gasteiger partial charge in [-0.05, 0) is 17.3 Å². The van der Waals surface area contributed by atoms with Gasteiger partial charge in [0.15, 0.2) is 0 Å². The van der Waals surface area contributed by atoms with Gasteiger partial charge in [0.1, 0.15) is 11.2 Å². The summed E-state index contributed by atoms with van der Waals surface area (Å²) in [7, 11) is 0. The second kappa shape index (κ2) is 2.56. The van der Waals surface area contributed by atoms with Crippen molar-refractivity contribution in [2.75, 3.05) is 0 Å².